The van der Waals surface area contributed by atoms with Crippen molar-refractivity contribution >= 4 is 23.4 Å². The maximum atomic E-state index is 5.99. The van der Waals surface area contributed by atoms with Crippen molar-refractivity contribution in [3.8, 4) is 0 Å². The highest BCUT2D eigenvalue weighted by molar-refractivity contribution is 7.99. The van der Waals surface area contributed by atoms with E-state index in [0.29, 0.717) is 6.04 Å². The van der Waals surface area contributed by atoms with Crippen molar-refractivity contribution in [2.45, 2.75) is 12.6 Å². The van der Waals surface area contributed by atoms with E-state index in [1.807, 2.05) is 11.8 Å². The normalized spacial score (nSPS) is 22.9. The van der Waals surface area contributed by atoms with E-state index in [1.165, 1.54) is 17.1 Å². The third-order valence-electron chi connectivity index (χ3n) is 2.76. The first-order valence-corrected chi connectivity index (χ1v) is 7.01. The van der Waals surface area contributed by atoms with Crippen LogP contribution in [0.3, 0.4) is 0 Å². The molecule has 15 heavy (non-hydrogen) atoms. The number of benzene rings is 1. The van der Waals surface area contributed by atoms with Gasteiger partial charge in [-0.15, -0.1) is 11.6 Å². The summed E-state index contributed by atoms with van der Waals surface area (Å²) in [6.45, 7) is 2.20. The topological polar surface area (TPSA) is 3.24 Å². The molecular formula is C12H16ClNS. The van der Waals surface area contributed by atoms with Crippen molar-refractivity contribution in [3.05, 3.63) is 35.9 Å². The Morgan fingerprint density at radius 3 is 2.87 bits per heavy atom. The molecule has 0 amide bonds. The Morgan fingerprint density at radius 2 is 2.13 bits per heavy atom. The van der Waals surface area contributed by atoms with Crippen LogP contribution in [0.25, 0.3) is 0 Å². The highest BCUT2D eigenvalue weighted by atomic mass is 35.5. The minimum absolute atomic E-state index is 0.547. The van der Waals surface area contributed by atoms with Crippen LogP contribution in [-0.4, -0.2) is 34.9 Å². The second-order valence-corrected chi connectivity index (χ2v) is 5.30. The largest absolute Gasteiger partial charge is 0.293 e. The molecule has 0 saturated carbocycles. The fourth-order valence-corrected chi connectivity index (χ4v) is 3.42. The quantitative estimate of drug-likeness (QED) is 0.749. The lowest BCUT2D eigenvalue weighted by Crippen LogP contribution is -2.42. The van der Waals surface area contributed by atoms with Crippen LogP contribution >= 0.6 is 23.4 Å². The highest BCUT2D eigenvalue weighted by Gasteiger charge is 2.21. The van der Waals surface area contributed by atoms with Gasteiger partial charge in [0, 0.05) is 36.5 Å². The number of thioether (sulfide) groups is 1. The molecule has 1 aliphatic heterocycles. The minimum Gasteiger partial charge on any atom is -0.293 e. The SMILES string of the molecule is ClCC1CSCCN1Cc1ccccc1. The van der Waals surface area contributed by atoms with Crippen molar-refractivity contribution in [1.29, 1.82) is 0 Å². The summed E-state index contributed by atoms with van der Waals surface area (Å²) < 4.78 is 0. The van der Waals surface area contributed by atoms with Gasteiger partial charge in [-0.1, -0.05) is 30.3 Å². The monoisotopic (exact) mass is 241 g/mol. The number of hydrogen-bond acceptors (Lipinski definition) is 2. The van der Waals surface area contributed by atoms with Crippen LogP contribution in [0.15, 0.2) is 30.3 Å². The second-order valence-electron chi connectivity index (χ2n) is 3.84. The highest BCUT2D eigenvalue weighted by Crippen LogP contribution is 2.19. The van der Waals surface area contributed by atoms with Gasteiger partial charge in [0.1, 0.15) is 0 Å². The molecule has 0 aromatic heterocycles. The molecule has 0 bridgehead atoms. The van der Waals surface area contributed by atoms with E-state index >= 15 is 0 Å². The minimum atomic E-state index is 0.547. The van der Waals surface area contributed by atoms with Gasteiger partial charge in [-0.25, -0.2) is 0 Å². The molecule has 1 fully saturated rings. The van der Waals surface area contributed by atoms with Crippen LogP contribution in [0, 0.1) is 0 Å². The zero-order valence-corrected chi connectivity index (χ0v) is 10.3. The summed E-state index contributed by atoms with van der Waals surface area (Å²) >= 11 is 8.00. The Bertz CT molecular complexity index is 291. The molecule has 82 valence electrons. The van der Waals surface area contributed by atoms with E-state index in [4.69, 9.17) is 11.6 Å². The zero-order chi connectivity index (χ0) is 10.5. The van der Waals surface area contributed by atoms with Crippen LogP contribution in [0.2, 0.25) is 0 Å². The maximum absolute atomic E-state index is 5.99. The molecule has 1 atom stereocenters. The molecule has 1 unspecified atom stereocenters. The van der Waals surface area contributed by atoms with Crippen molar-refractivity contribution in [1.82, 2.24) is 4.90 Å². The van der Waals surface area contributed by atoms with Crippen molar-refractivity contribution < 1.29 is 0 Å². The van der Waals surface area contributed by atoms with Gasteiger partial charge in [0.15, 0.2) is 0 Å². The Kier molecular flexibility index (Phi) is 4.36. The van der Waals surface area contributed by atoms with Crippen LogP contribution < -0.4 is 0 Å². The molecule has 0 N–H and O–H groups in total. The van der Waals surface area contributed by atoms with E-state index in [0.717, 1.165) is 19.0 Å². The fraction of sp³-hybridized carbons (Fsp3) is 0.500. The van der Waals surface area contributed by atoms with E-state index in [9.17, 15) is 0 Å². The number of alkyl halides is 1. The smallest absolute Gasteiger partial charge is 0.0387 e. The summed E-state index contributed by atoms with van der Waals surface area (Å²) in [5, 5.41) is 0. The molecular weight excluding hydrogens is 226 g/mol. The summed E-state index contributed by atoms with van der Waals surface area (Å²) in [6, 6.07) is 11.2. The van der Waals surface area contributed by atoms with Gasteiger partial charge >= 0.3 is 0 Å². The molecule has 2 rings (SSSR count). The first-order valence-electron chi connectivity index (χ1n) is 5.32. The molecule has 1 aromatic rings. The van der Waals surface area contributed by atoms with Crippen LogP contribution in [0.4, 0.5) is 0 Å². The predicted molar refractivity (Wildman–Crippen MR) is 68.7 cm³/mol. The summed E-state index contributed by atoms with van der Waals surface area (Å²) in [7, 11) is 0. The van der Waals surface area contributed by atoms with Gasteiger partial charge in [0.05, 0.1) is 0 Å². The average molecular weight is 242 g/mol. The molecule has 0 aliphatic carbocycles. The molecule has 1 heterocycles. The Hall–Kier alpha value is -0.180. The first-order chi connectivity index (χ1) is 7.40. The van der Waals surface area contributed by atoms with Crippen LogP contribution in [0.5, 0.6) is 0 Å². The zero-order valence-electron chi connectivity index (χ0n) is 8.73. The molecule has 3 heteroatoms. The standard InChI is InChI=1S/C12H16ClNS/c13-8-12-10-15-7-6-14(12)9-11-4-2-1-3-5-11/h1-5,12H,6-10H2. The number of rotatable bonds is 3. The van der Waals surface area contributed by atoms with Crippen molar-refractivity contribution in [3.63, 3.8) is 0 Å². The van der Waals surface area contributed by atoms with Gasteiger partial charge in [0.2, 0.25) is 0 Å². The van der Waals surface area contributed by atoms with Gasteiger partial charge in [0.25, 0.3) is 0 Å². The number of halogens is 1. The molecule has 1 aromatic carbocycles. The van der Waals surface area contributed by atoms with Crippen molar-refractivity contribution in [2.75, 3.05) is 23.9 Å². The molecule has 1 saturated heterocycles. The van der Waals surface area contributed by atoms with E-state index in [-0.39, 0.29) is 0 Å². The van der Waals surface area contributed by atoms with E-state index in [1.54, 1.807) is 0 Å². The summed E-state index contributed by atoms with van der Waals surface area (Å²) in [5.41, 5.74) is 1.39. The lowest BCUT2D eigenvalue weighted by Gasteiger charge is -2.34. The Balaban J connectivity index is 1.97. The number of hydrogen-bond donors (Lipinski definition) is 0. The molecule has 0 spiro atoms. The predicted octanol–water partition coefficient (Wildman–Crippen LogP) is 2.84. The van der Waals surface area contributed by atoms with E-state index < -0.39 is 0 Å². The van der Waals surface area contributed by atoms with Crippen molar-refractivity contribution in [2.24, 2.45) is 0 Å². The summed E-state index contributed by atoms with van der Waals surface area (Å²) in [4.78, 5) is 2.50. The lowest BCUT2D eigenvalue weighted by atomic mass is 10.2. The summed E-state index contributed by atoms with van der Waals surface area (Å²) in [5.74, 6) is 3.16. The van der Waals surface area contributed by atoms with Gasteiger partial charge in [-0.05, 0) is 5.56 Å². The van der Waals surface area contributed by atoms with Gasteiger partial charge in [-0.3, -0.25) is 4.90 Å². The molecule has 0 radical (unpaired) electrons. The summed E-state index contributed by atoms with van der Waals surface area (Å²) in [6.07, 6.45) is 0. The third kappa shape index (κ3) is 3.13. The Morgan fingerprint density at radius 1 is 1.33 bits per heavy atom. The second kappa shape index (κ2) is 5.78. The maximum Gasteiger partial charge on any atom is 0.0387 e. The average Bonchev–Trinajstić information content (AvgIpc) is 2.31. The first kappa shape index (κ1) is 11.3. The fourth-order valence-electron chi connectivity index (χ4n) is 1.86. The van der Waals surface area contributed by atoms with Gasteiger partial charge in [-0.2, -0.15) is 11.8 Å². The molecule has 1 aliphatic rings. The molecule has 1 nitrogen and oxygen atoms in total. The lowest BCUT2D eigenvalue weighted by molar-refractivity contribution is 0.226. The van der Waals surface area contributed by atoms with Gasteiger partial charge < -0.3 is 0 Å². The van der Waals surface area contributed by atoms with Crippen LogP contribution in [-0.2, 0) is 6.54 Å². The third-order valence-corrected chi connectivity index (χ3v) is 4.20. The number of nitrogens with zero attached hydrogens (tertiary/aromatic N) is 1. The Labute approximate surface area is 101 Å². The van der Waals surface area contributed by atoms with E-state index in [2.05, 4.69) is 35.2 Å². The van der Waals surface area contributed by atoms with Crippen LogP contribution in [0.1, 0.15) is 5.56 Å².